The molecule has 2 saturated heterocycles. The number of hydrogen-bond donors (Lipinski definition) is 2. The summed E-state index contributed by atoms with van der Waals surface area (Å²) < 4.78 is 12.6. The van der Waals surface area contributed by atoms with Crippen molar-refractivity contribution in [2.75, 3.05) is 26.2 Å². The minimum Gasteiger partial charge on any atom is -0.460 e. The molecule has 0 aliphatic carbocycles. The molecule has 5 bridgehead atoms. The van der Waals surface area contributed by atoms with E-state index in [1.54, 1.807) is 24.8 Å². The molecule has 2 fully saturated rings. The van der Waals surface area contributed by atoms with Gasteiger partial charge in [0, 0.05) is 24.0 Å². The Hall–Kier alpha value is -2.24. The number of amides is 3. The van der Waals surface area contributed by atoms with E-state index in [4.69, 9.17) is 9.47 Å². The predicted molar refractivity (Wildman–Crippen MR) is 137 cm³/mol. The zero-order valence-corrected chi connectivity index (χ0v) is 23.1. The summed E-state index contributed by atoms with van der Waals surface area (Å²) in [7, 11) is 0. The lowest BCUT2D eigenvalue weighted by atomic mass is 9.74. The van der Waals surface area contributed by atoms with Crippen molar-refractivity contribution in [3.63, 3.8) is 0 Å². The number of fused-ring (bicyclic) bond motifs is 2. The SMILES string of the molecule is CCCCN1C/C=C\CCC(=O)NC[C@H](C)OC(=O)[C@H]2[C@@H]3O[C@@]4(C=C3Br)[C@@H]2C(=O)N([C@H](C)CO)[C@@H]4C1=O. The van der Waals surface area contributed by atoms with Gasteiger partial charge in [-0.1, -0.05) is 41.4 Å². The Kier molecular flexibility index (Phi) is 8.45. The van der Waals surface area contributed by atoms with Crippen molar-refractivity contribution in [1.82, 2.24) is 15.1 Å². The van der Waals surface area contributed by atoms with Gasteiger partial charge in [0.2, 0.25) is 17.7 Å². The number of aliphatic hydroxyl groups excluding tert-OH is 1. The highest BCUT2D eigenvalue weighted by molar-refractivity contribution is 9.11. The largest absolute Gasteiger partial charge is 0.460 e. The molecule has 204 valence electrons. The maximum Gasteiger partial charge on any atom is 0.313 e. The number of aliphatic hydroxyl groups is 1. The number of hydrogen-bond acceptors (Lipinski definition) is 7. The minimum atomic E-state index is -1.36. The summed E-state index contributed by atoms with van der Waals surface area (Å²) in [6.07, 6.45) is 6.53. The summed E-state index contributed by atoms with van der Waals surface area (Å²) in [4.78, 5) is 56.8. The van der Waals surface area contributed by atoms with Crippen LogP contribution >= 0.6 is 15.9 Å². The number of halogens is 1. The van der Waals surface area contributed by atoms with E-state index in [9.17, 15) is 24.3 Å². The topological polar surface area (TPSA) is 125 Å². The highest BCUT2D eigenvalue weighted by Gasteiger charge is 2.75. The summed E-state index contributed by atoms with van der Waals surface area (Å²) in [5.41, 5.74) is -1.36. The van der Waals surface area contributed by atoms with Gasteiger partial charge in [-0.05, 0) is 32.8 Å². The van der Waals surface area contributed by atoms with Crippen molar-refractivity contribution in [1.29, 1.82) is 0 Å². The van der Waals surface area contributed by atoms with E-state index >= 15 is 0 Å². The molecule has 4 rings (SSSR count). The van der Waals surface area contributed by atoms with Crippen LogP contribution in [0, 0.1) is 11.8 Å². The molecule has 0 saturated carbocycles. The number of carbonyl (C=O) groups is 4. The quantitative estimate of drug-likeness (QED) is 0.370. The molecule has 1 spiro atoms. The second-order valence-electron chi connectivity index (χ2n) is 10.3. The Bertz CT molecular complexity index is 1000. The number of carbonyl (C=O) groups excluding carboxylic acids is 4. The van der Waals surface area contributed by atoms with Gasteiger partial charge in [-0.25, -0.2) is 0 Å². The van der Waals surface area contributed by atoms with Crippen LogP contribution in [0.4, 0.5) is 0 Å². The second kappa shape index (κ2) is 11.2. The third kappa shape index (κ3) is 4.97. The Labute approximate surface area is 225 Å². The van der Waals surface area contributed by atoms with Crippen LogP contribution in [0.15, 0.2) is 22.7 Å². The van der Waals surface area contributed by atoms with E-state index in [0.717, 1.165) is 12.8 Å². The zero-order chi connectivity index (χ0) is 26.9. The van der Waals surface area contributed by atoms with E-state index < -0.39 is 53.6 Å². The number of cyclic esters (lactones) is 1. The molecule has 0 aromatic rings. The number of unbranched alkanes of at least 4 members (excludes halogenated alkanes) is 1. The Morgan fingerprint density at radius 3 is 2.70 bits per heavy atom. The lowest BCUT2D eigenvalue weighted by molar-refractivity contribution is -0.159. The van der Waals surface area contributed by atoms with Crippen LogP contribution in [-0.4, -0.2) is 94.7 Å². The monoisotopic (exact) mass is 581 g/mol. The lowest BCUT2D eigenvalue weighted by Crippen LogP contribution is -2.58. The van der Waals surface area contributed by atoms with Crippen molar-refractivity contribution in [2.24, 2.45) is 11.8 Å². The van der Waals surface area contributed by atoms with Gasteiger partial charge in [0.15, 0.2) is 0 Å². The summed E-state index contributed by atoms with van der Waals surface area (Å²) in [6.45, 7) is 5.98. The number of nitrogens with zero attached hydrogens (tertiary/aromatic N) is 2. The molecular formula is C26H36BrN3O7. The van der Waals surface area contributed by atoms with Crippen LogP contribution in [0.2, 0.25) is 0 Å². The molecule has 0 aromatic heterocycles. The van der Waals surface area contributed by atoms with E-state index in [1.807, 2.05) is 19.1 Å². The maximum atomic E-state index is 14.2. The highest BCUT2D eigenvalue weighted by atomic mass is 79.9. The van der Waals surface area contributed by atoms with Gasteiger partial charge >= 0.3 is 5.97 Å². The second-order valence-corrected chi connectivity index (χ2v) is 11.2. The van der Waals surface area contributed by atoms with Crippen LogP contribution in [0.1, 0.15) is 46.5 Å². The molecule has 0 radical (unpaired) electrons. The lowest BCUT2D eigenvalue weighted by Gasteiger charge is -2.37. The van der Waals surface area contributed by atoms with Crippen LogP contribution < -0.4 is 5.32 Å². The number of likely N-dealkylation sites (tertiary alicyclic amines) is 1. The van der Waals surface area contributed by atoms with Gasteiger partial charge in [0.25, 0.3) is 0 Å². The average molecular weight is 582 g/mol. The first-order chi connectivity index (χ1) is 17.7. The number of allylic oxidation sites excluding steroid dienone is 1. The molecule has 4 heterocycles. The van der Waals surface area contributed by atoms with Crippen molar-refractivity contribution >= 4 is 39.6 Å². The third-order valence-corrected chi connectivity index (χ3v) is 8.32. The molecule has 37 heavy (non-hydrogen) atoms. The first kappa shape index (κ1) is 27.8. The van der Waals surface area contributed by atoms with E-state index in [2.05, 4.69) is 21.2 Å². The molecule has 0 unspecified atom stereocenters. The smallest absolute Gasteiger partial charge is 0.313 e. The van der Waals surface area contributed by atoms with E-state index in [0.29, 0.717) is 24.0 Å². The normalized spacial score (nSPS) is 36.2. The van der Waals surface area contributed by atoms with Crippen LogP contribution in [-0.2, 0) is 28.7 Å². The fourth-order valence-corrected chi connectivity index (χ4v) is 6.52. The first-order valence-electron chi connectivity index (χ1n) is 13.1. The van der Waals surface area contributed by atoms with Gasteiger partial charge in [0.05, 0.1) is 25.1 Å². The van der Waals surface area contributed by atoms with Gasteiger partial charge in [-0.2, -0.15) is 0 Å². The van der Waals surface area contributed by atoms with Crippen molar-refractivity contribution in [3.05, 3.63) is 22.7 Å². The van der Waals surface area contributed by atoms with Gasteiger partial charge in [0.1, 0.15) is 29.8 Å². The van der Waals surface area contributed by atoms with E-state index in [-0.39, 0.29) is 31.4 Å². The van der Waals surface area contributed by atoms with Gasteiger partial charge in [-0.15, -0.1) is 0 Å². The third-order valence-electron chi connectivity index (χ3n) is 7.64. The number of ether oxygens (including phenoxy) is 2. The van der Waals surface area contributed by atoms with Gasteiger partial charge in [-0.3, -0.25) is 19.2 Å². The Balaban J connectivity index is 1.79. The molecule has 2 N–H and O–H groups in total. The average Bonchev–Trinajstić information content (AvgIpc) is 3.46. The highest BCUT2D eigenvalue weighted by Crippen LogP contribution is 2.59. The van der Waals surface area contributed by atoms with Crippen LogP contribution in [0.25, 0.3) is 0 Å². The van der Waals surface area contributed by atoms with Crippen molar-refractivity contribution in [2.45, 2.75) is 76.3 Å². The molecule has 10 nitrogen and oxygen atoms in total. The van der Waals surface area contributed by atoms with Crippen LogP contribution in [0.3, 0.4) is 0 Å². The molecule has 0 aromatic carbocycles. The first-order valence-corrected chi connectivity index (χ1v) is 13.9. The summed E-state index contributed by atoms with van der Waals surface area (Å²) >= 11 is 3.51. The molecule has 4 aliphatic rings. The fraction of sp³-hybridized carbons (Fsp3) is 0.692. The Morgan fingerprint density at radius 1 is 1.24 bits per heavy atom. The Morgan fingerprint density at radius 2 is 2.00 bits per heavy atom. The molecule has 11 heteroatoms. The van der Waals surface area contributed by atoms with E-state index in [1.165, 1.54) is 4.90 Å². The minimum absolute atomic E-state index is 0.146. The van der Waals surface area contributed by atoms with Crippen molar-refractivity contribution in [3.8, 4) is 0 Å². The molecular weight excluding hydrogens is 546 g/mol. The molecule has 7 atom stereocenters. The fourth-order valence-electron chi connectivity index (χ4n) is 5.78. The summed E-state index contributed by atoms with van der Waals surface area (Å²) in [5.74, 6) is -3.40. The maximum absolute atomic E-state index is 14.2. The summed E-state index contributed by atoms with van der Waals surface area (Å²) in [6, 6.07) is -1.69. The molecule has 3 amide bonds. The van der Waals surface area contributed by atoms with Crippen LogP contribution in [0.5, 0.6) is 0 Å². The van der Waals surface area contributed by atoms with Crippen molar-refractivity contribution < 1.29 is 33.8 Å². The number of nitrogens with one attached hydrogen (secondary N) is 1. The standard InChI is InChI=1S/C26H36BrN3O7/c1-4-5-10-29-11-8-6-7-9-18(32)28-13-16(3)36-25(35)19-20-23(33)30(15(2)14-31)22(24(29)34)26(20)12-17(27)21(19)37-26/h6,8,12,15-16,19-22,31H,4-5,7,9-11,13-14H2,1-3H3,(H,28,32)/b8-6-/t15-,16+,19-,20+,21-,22-,26+/m1/s1. The van der Waals surface area contributed by atoms with Gasteiger partial charge < -0.3 is 29.7 Å². The zero-order valence-electron chi connectivity index (χ0n) is 21.5. The predicted octanol–water partition coefficient (Wildman–Crippen LogP) is 1.27. The number of esters is 1. The number of rotatable bonds is 5. The molecule has 4 aliphatic heterocycles. The summed E-state index contributed by atoms with van der Waals surface area (Å²) in [5, 5.41) is 12.8.